The van der Waals surface area contributed by atoms with E-state index in [1.807, 2.05) is 32.9 Å². The minimum absolute atomic E-state index is 0.0926. The molecule has 3 rings (SSSR count). The molecule has 3 aromatic carbocycles. The lowest BCUT2D eigenvalue weighted by Crippen LogP contribution is -2.70. The van der Waals surface area contributed by atoms with Crippen LogP contribution in [0, 0.1) is 13.8 Å². The summed E-state index contributed by atoms with van der Waals surface area (Å²) in [4.78, 5) is 0. The molecule has 0 saturated carbocycles. The predicted molar refractivity (Wildman–Crippen MR) is 134 cm³/mol. The number of hydrogen-bond acceptors (Lipinski definition) is 4. The first-order valence-electron chi connectivity index (χ1n) is 12.1. The van der Waals surface area contributed by atoms with Gasteiger partial charge in [-0.25, -0.2) is 0 Å². The molecule has 0 aliphatic carbocycles. The Balaban J connectivity index is 2.28. The minimum Gasteiger partial charge on any atom is -0.479 e. The monoisotopic (exact) mass is 556 g/mol. The molecular weight excluding hydrogens is 526 g/mol. The van der Waals surface area contributed by atoms with Crippen LogP contribution in [-0.2, 0) is 25.2 Å². The first kappa shape index (κ1) is 30.5. The third kappa shape index (κ3) is 5.25. The van der Waals surface area contributed by atoms with Crippen LogP contribution in [0.1, 0.15) is 47.2 Å². The third-order valence-corrected chi connectivity index (χ3v) is 7.30. The summed E-state index contributed by atoms with van der Waals surface area (Å²) in [7, 11) is 0. The van der Waals surface area contributed by atoms with Crippen LogP contribution in [0.25, 0.3) is 11.1 Å². The molecule has 10 heteroatoms. The molecule has 0 aliphatic heterocycles. The molecule has 39 heavy (non-hydrogen) atoms. The van der Waals surface area contributed by atoms with Crippen molar-refractivity contribution in [3.63, 3.8) is 0 Å². The van der Waals surface area contributed by atoms with Crippen LogP contribution in [0.2, 0.25) is 0 Å². The number of hydrogen-bond donors (Lipinski definition) is 3. The first-order valence-corrected chi connectivity index (χ1v) is 12.1. The number of ether oxygens (including phenoxy) is 1. The lowest BCUT2D eigenvalue weighted by atomic mass is 9.76. The largest absolute Gasteiger partial charge is 0.479 e. The highest BCUT2D eigenvalue weighted by atomic mass is 19.4. The summed E-state index contributed by atoms with van der Waals surface area (Å²) in [5.74, 6) is -0.348. The quantitative estimate of drug-likeness (QED) is 0.271. The highest BCUT2D eigenvalue weighted by molar-refractivity contribution is 5.71. The van der Waals surface area contributed by atoms with Crippen LogP contribution in [0.5, 0.6) is 5.75 Å². The van der Waals surface area contributed by atoms with E-state index in [0.29, 0.717) is 18.9 Å². The average Bonchev–Trinajstić information content (AvgIpc) is 2.87. The van der Waals surface area contributed by atoms with Crippen LogP contribution in [0.4, 0.5) is 26.3 Å². The molecule has 0 radical (unpaired) electrons. The summed E-state index contributed by atoms with van der Waals surface area (Å²) in [5, 5.41) is 29.7. The number of rotatable bonds is 8. The Morgan fingerprint density at radius 2 is 1.41 bits per heavy atom. The van der Waals surface area contributed by atoms with E-state index in [2.05, 4.69) is 0 Å². The number of alkyl halides is 6. The lowest BCUT2D eigenvalue weighted by Gasteiger charge is -2.46. The number of halogens is 6. The second-order valence-electron chi connectivity index (χ2n) is 9.56. The van der Waals surface area contributed by atoms with Crippen molar-refractivity contribution in [3.8, 4) is 16.9 Å². The van der Waals surface area contributed by atoms with Crippen LogP contribution >= 0.6 is 0 Å². The van der Waals surface area contributed by atoms with Crippen LogP contribution in [0.15, 0.2) is 54.6 Å². The van der Waals surface area contributed by atoms with Gasteiger partial charge in [-0.05, 0) is 89.9 Å². The highest BCUT2D eigenvalue weighted by Gasteiger charge is 2.80. The zero-order valence-corrected chi connectivity index (χ0v) is 21.8. The molecule has 212 valence electrons. The fraction of sp³-hybridized carbons (Fsp3) is 0.379. The van der Waals surface area contributed by atoms with Crippen molar-refractivity contribution in [2.24, 2.45) is 0 Å². The highest BCUT2D eigenvalue weighted by Crippen LogP contribution is 2.55. The maximum Gasteiger partial charge on any atom is 0.430 e. The summed E-state index contributed by atoms with van der Waals surface area (Å²) >= 11 is 0. The Labute approximate surface area is 222 Å². The number of benzene rings is 3. The standard InChI is InChI=1S/C29H30F6O4/c1-5-24-18(3)17(2)9-12-25(24)19-7-6-8-23(14-19)39-26(4,27(38,28(30,31)32)29(33,34)35)22-11-10-20(15-36)21(13-22)16-37/h6-14,36-38H,5,15-16H2,1-4H3. The summed E-state index contributed by atoms with van der Waals surface area (Å²) in [5.41, 5.74) is -5.30. The summed E-state index contributed by atoms with van der Waals surface area (Å²) in [6.45, 7) is 4.90. The Morgan fingerprint density at radius 3 is 1.95 bits per heavy atom. The molecule has 1 unspecified atom stereocenters. The molecule has 0 heterocycles. The molecule has 0 saturated heterocycles. The Kier molecular flexibility index (Phi) is 8.46. The molecular formula is C29H30F6O4. The lowest BCUT2D eigenvalue weighted by molar-refractivity contribution is -0.409. The van der Waals surface area contributed by atoms with Gasteiger partial charge in [0.25, 0.3) is 0 Å². The fourth-order valence-corrected chi connectivity index (χ4v) is 4.83. The molecule has 0 aliphatic rings. The fourth-order valence-electron chi connectivity index (χ4n) is 4.83. The smallest absolute Gasteiger partial charge is 0.430 e. The van der Waals surface area contributed by atoms with E-state index in [4.69, 9.17) is 4.74 Å². The molecule has 3 N–H and O–H groups in total. The number of aliphatic hydroxyl groups is 3. The van der Waals surface area contributed by atoms with Crippen molar-refractivity contribution in [1.29, 1.82) is 0 Å². The minimum atomic E-state index is -6.21. The SMILES string of the molecule is CCc1c(-c2cccc(OC(C)(c3ccc(CO)c(CO)c3)C(O)(C(F)(F)F)C(F)(F)F)c2)ccc(C)c1C. The first-order chi connectivity index (χ1) is 18.1. The average molecular weight is 557 g/mol. The van der Waals surface area contributed by atoms with E-state index < -0.39 is 42.3 Å². The maximum atomic E-state index is 14.2. The van der Waals surface area contributed by atoms with Crippen molar-refractivity contribution in [3.05, 3.63) is 88.0 Å². The zero-order chi connectivity index (χ0) is 29.4. The van der Waals surface area contributed by atoms with Crippen molar-refractivity contribution >= 4 is 0 Å². The number of aliphatic hydroxyl groups excluding tert-OH is 2. The third-order valence-electron chi connectivity index (χ3n) is 7.30. The molecule has 4 nitrogen and oxygen atoms in total. The number of aryl methyl sites for hydroxylation is 1. The van der Waals surface area contributed by atoms with Gasteiger partial charge in [0.1, 0.15) is 5.75 Å². The van der Waals surface area contributed by atoms with Gasteiger partial charge in [-0.1, -0.05) is 43.3 Å². The Morgan fingerprint density at radius 1 is 0.795 bits per heavy atom. The molecule has 0 fully saturated rings. The summed E-state index contributed by atoms with van der Waals surface area (Å²) in [6.07, 6.45) is -11.8. The van der Waals surface area contributed by atoms with Crippen LogP contribution in [-0.4, -0.2) is 33.3 Å². The Hall–Kier alpha value is -3.08. The van der Waals surface area contributed by atoms with Gasteiger partial charge in [-0.2, -0.15) is 26.3 Å². The molecule has 0 bridgehead atoms. The molecule has 0 amide bonds. The van der Waals surface area contributed by atoms with Crippen LogP contribution in [0.3, 0.4) is 0 Å². The van der Waals surface area contributed by atoms with Gasteiger partial charge in [-0.15, -0.1) is 0 Å². The van der Waals surface area contributed by atoms with Gasteiger partial charge < -0.3 is 20.1 Å². The molecule has 1 atom stereocenters. The van der Waals surface area contributed by atoms with Gasteiger partial charge in [0.05, 0.1) is 13.2 Å². The van der Waals surface area contributed by atoms with E-state index >= 15 is 0 Å². The molecule has 0 aromatic heterocycles. The van der Waals surface area contributed by atoms with Crippen molar-refractivity contribution in [1.82, 2.24) is 0 Å². The van der Waals surface area contributed by atoms with E-state index in [9.17, 15) is 41.7 Å². The summed E-state index contributed by atoms with van der Waals surface area (Å²) in [6, 6.07) is 12.1. The Bertz CT molecular complexity index is 1320. The molecule has 0 spiro atoms. The second-order valence-corrected chi connectivity index (χ2v) is 9.56. The van der Waals surface area contributed by atoms with Gasteiger partial charge in [0.15, 0.2) is 5.60 Å². The van der Waals surface area contributed by atoms with Gasteiger partial charge in [-0.3, -0.25) is 0 Å². The van der Waals surface area contributed by atoms with Crippen LogP contribution < -0.4 is 4.74 Å². The van der Waals surface area contributed by atoms with E-state index in [1.54, 1.807) is 6.07 Å². The predicted octanol–water partition coefficient (Wildman–Crippen LogP) is 6.67. The topological polar surface area (TPSA) is 69.9 Å². The van der Waals surface area contributed by atoms with E-state index in [0.717, 1.165) is 40.5 Å². The summed E-state index contributed by atoms with van der Waals surface area (Å²) < 4.78 is 90.7. The van der Waals surface area contributed by atoms with Gasteiger partial charge >= 0.3 is 18.0 Å². The van der Waals surface area contributed by atoms with Crippen molar-refractivity contribution < 1.29 is 46.4 Å². The van der Waals surface area contributed by atoms with E-state index in [-0.39, 0.29) is 16.9 Å². The molecule has 3 aromatic rings. The van der Waals surface area contributed by atoms with Gasteiger partial charge in [0, 0.05) is 0 Å². The van der Waals surface area contributed by atoms with E-state index in [1.165, 1.54) is 18.2 Å². The van der Waals surface area contributed by atoms with Crippen molar-refractivity contribution in [2.75, 3.05) is 0 Å². The zero-order valence-electron chi connectivity index (χ0n) is 21.8. The van der Waals surface area contributed by atoms with Crippen molar-refractivity contribution in [2.45, 2.75) is 70.9 Å². The van der Waals surface area contributed by atoms with Gasteiger partial charge in [0.2, 0.25) is 0 Å². The maximum absolute atomic E-state index is 14.2. The normalized spacial score (nSPS) is 14.3. The second kappa shape index (κ2) is 10.8.